The summed E-state index contributed by atoms with van der Waals surface area (Å²) in [5.41, 5.74) is 1.72. The number of amides is 1. The van der Waals surface area contributed by atoms with Crippen LogP contribution in [-0.4, -0.2) is 74.4 Å². The molecule has 25 heavy (non-hydrogen) atoms. The van der Waals surface area contributed by atoms with E-state index in [9.17, 15) is 9.90 Å². The van der Waals surface area contributed by atoms with Gasteiger partial charge >= 0.3 is 0 Å². The molecule has 0 spiro atoms. The van der Waals surface area contributed by atoms with Crippen LogP contribution in [0, 0.1) is 0 Å². The van der Waals surface area contributed by atoms with Gasteiger partial charge < -0.3 is 24.2 Å². The maximum Gasteiger partial charge on any atom is 0.224 e. The normalized spacial score (nSPS) is 20.9. The van der Waals surface area contributed by atoms with Crippen molar-refractivity contribution in [3.05, 3.63) is 23.3 Å². The fraction of sp³-hybridized carbons (Fsp3) is 0.611. The molecule has 0 radical (unpaired) electrons. The van der Waals surface area contributed by atoms with Crippen molar-refractivity contribution in [1.29, 1.82) is 0 Å². The van der Waals surface area contributed by atoms with Crippen molar-refractivity contribution in [1.82, 2.24) is 9.80 Å². The summed E-state index contributed by atoms with van der Waals surface area (Å²) in [7, 11) is 3.22. The van der Waals surface area contributed by atoms with Crippen molar-refractivity contribution >= 4 is 5.91 Å². The molecular formula is C18H26N2O5. The van der Waals surface area contributed by atoms with E-state index in [2.05, 4.69) is 4.90 Å². The number of benzene rings is 1. The average molecular weight is 350 g/mol. The van der Waals surface area contributed by atoms with Gasteiger partial charge in [-0.15, -0.1) is 0 Å². The van der Waals surface area contributed by atoms with Gasteiger partial charge in [-0.2, -0.15) is 0 Å². The molecule has 1 aromatic rings. The molecule has 1 saturated heterocycles. The van der Waals surface area contributed by atoms with E-state index >= 15 is 0 Å². The molecule has 0 saturated carbocycles. The summed E-state index contributed by atoms with van der Waals surface area (Å²) in [4.78, 5) is 16.3. The molecular weight excluding hydrogens is 324 g/mol. The molecule has 0 aliphatic carbocycles. The predicted octanol–water partition coefficient (Wildman–Crippen LogP) is 0.802. The fourth-order valence-electron chi connectivity index (χ4n) is 3.54. The molecule has 2 aliphatic rings. The van der Waals surface area contributed by atoms with Crippen LogP contribution in [0.25, 0.3) is 0 Å². The van der Waals surface area contributed by atoms with Gasteiger partial charge in [0.05, 0.1) is 33.5 Å². The highest BCUT2D eigenvalue weighted by atomic mass is 16.5. The van der Waals surface area contributed by atoms with Crippen molar-refractivity contribution in [2.75, 3.05) is 53.6 Å². The zero-order chi connectivity index (χ0) is 17.8. The number of ether oxygens (including phenoxy) is 3. The number of carbonyl (C=O) groups is 1. The Morgan fingerprint density at radius 1 is 1.24 bits per heavy atom. The van der Waals surface area contributed by atoms with Crippen LogP contribution >= 0.6 is 0 Å². The Morgan fingerprint density at radius 2 is 1.92 bits per heavy atom. The van der Waals surface area contributed by atoms with E-state index < -0.39 is 6.10 Å². The fourth-order valence-corrected chi connectivity index (χ4v) is 3.54. The van der Waals surface area contributed by atoms with Gasteiger partial charge in [-0.1, -0.05) is 0 Å². The molecule has 3 rings (SSSR count). The van der Waals surface area contributed by atoms with Gasteiger partial charge in [0.15, 0.2) is 0 Å². The molecule has 1 fully saturated rings. The Balaban J connectivity index is 1.67. The maximum atomic E-state index is 12.3. The van der Waals surface area contributed by atoms with Crippen LogP contribution in [0.2, 0.25) is 0 Å². The van der Waals surface area contributed by atoms with Crippen LogP contribution in [0.1, 0.15) is 23.7 Å². The summed E-state index contributed by atoms with van der Waals surface area (Å²) in [5, 5.41) is 10.6. The summed E-state index contributed by atoms with van der Waals surface area (Å²) in [6.07, 6.45) is -0.221. The molecule has 1 N–H and O–H groups in total. The first-order valence-corrected chi connectivity index (χ1v) is 8.63. The first-order chi connectivity index (χ1) is 12.1. The monoisotopic (exact) mass is 350 g/mol. The highest BCUT2D eigenvalue weighted by Gasteiger charge is 2.30. The number of fused-ring (bicyclic) bond motifs is 1. The summed E-state index contributed by atoms with van der Waals surface area (Å²) < 4.78 is 16.1. The molecule has 2 aliphatic heterocycles. The molecule has 1 aromatic carbocycles. The minimum atomic E-state index is -0.660. The second-order valence-electron chi connectivity index (χ2n) is 6.36. The minimum Gasteiger partial charge on any atom is -0.496 e. The quantitative estimate of drug-likeness (QED) is 0.847. The van der Waals surface area contributed by atoms with E-state index in [1.807, 2.05) is 17.0 Å². The van der Waals surface area contributed by atoms with E-state index in [-0.39, 0.29) is 5.91 Å². The Kier molecular flexibility index (Phi) is 5.78. The first kappa shape index (κ1) is 18.0. The molecule has 0 bridgehead atoms. The van der Waals surface area contributed by atoms with Gasteiger partial charge in [0.2, 0.25) is 5.91 Å². The lowest BCUT2D eigenvalue weighted by atomic mass is 9.95. The number of morpholine rings is 1. The Bertz CT molecular complexity index is 616. The summed E-state index contributed by atoms with van der Waals surface area (Å²) in [6, 6.07) is 3.67. The van der Waals surface area contributed by atoms with Crippen molar-refractivity contribution in [2.45, 2.75) is 19.1 Å². The number of aliphatic hydroxyl groups is 1. The highest BCUT2D eigenvalue weighted by Crippen LogP contribution is 2.39. The number of carbonyl (C=O) groups excluding carboxylic acids is 1. The standard InChI is InChI=1S/C18H26N2O5/c1-23-15-3-4-16(24-2)18-13(15)11-19(12-14(18)21)6-5-17(22)20-7-9-25-10-8-20/h3-4,14,21H,5-12H2,1-2H3/t14-/m0/s1. The Hall–Kier alpha value is -1.83. The molecule has 0 unspecified atom stereocenters. The molecule has 7 heteroatoms. The topological polar surface area (TPSA) is 71.5 Å². The third-order valence-corrected chi connectivity index (χ3v) is 4.87. The van der Waals surface area contributed by atoms with Gasteiger partial charge in [0, 0.05) is 50.3 Å². The molecule has 1 atom stereocenters. The summed E-state index contributed by atoms with van der Waals surface area (Å²) >= 11 is 0. The van der Waals surface area contributed by atoms with Gasteiger partial charge in [-0.05, 0) is 12.1 Å². The summed E-state index contributed by atoms with van der Waals surface area (Å²) in [5.74, 6) is 1.55. The summed E-state index contributed by atoms with van der Waals surface area (Å²) in [6.45, 7) is 4.25. The van der Waals surface area contributed by atoms with E-state index in [1.54, 1.807) is 14.2 Å². The first-order valence-electron chi connectivity index (χ1n) is 8.63. The van der Waals surface area contributed by atoms with E-state index in [0.717, 1.165) is 16.9 Å². The van der Waals surface area contributed by atoms with Crippen LogP contribution in [0.3, 0.4) is 0 Å². The van der Waals surface area contributed by atoms with Gasteiger partial charge in [0.1, 0.15) is 11.5 Å². The zero-order valence-electron chi connectivity index (χ0n) is 14.9. The third-order valence-electron chi connectivity index (χ3n) is 4.87. The molecule has 2 heterocycles. The van der Waals surface area contributed by atoms with Crippen LogP contribution < -0.4 is 9.47 Å². The number of hydrogen-bond acceptors (Lipinski definition) is 6. The molecule has 7 nitrogen and oxygen atoms in total. The van der Waals surface area contributed by atoms with Crippen molar-refractivity contribution in [3.8, 4) is 11.5 Å². The highest BCUT2D eigenvalue weighted by molar-refractivity contribution is 5.76. The van der Waals surface area contributed by atoms with Crippen molar-refractivity contribution in [3.63, 3.8) is 0 Å². The lowest BCUT2D eigenvalue weighted by Crippen LogP contribution is -2.42. The van der Waals surface area contributed by atoms with Crippen LogP contribution in [-0.2, 0) is 16.1 Å². The number of aliphatic hydroxyl groups excluding tert-OH is 1. The number of hydrogen-bond donors (Lipinski definition) is 1. The predicted molar refractivity (Wildman–Crippen MR) is 91.8 cm³/mol. The van der Waals surface area contributed by atoms with Gasteiger partial charge in [-0.25, -0.2) is 0 Å². The molecule has 138 valence electrons. The van der Waals surface area contributed by atoms with Gasteiger partial charge in [0.25, 0.3) is 0 Å². The van der Waals surface area contributed by atoms with Crippen molar-refractivity contribution in [2.24, 2.45) is 0 Å². The second-order valence-corrected chi connectivity index (χ2v) is 6.36. The van der Waals surface area contributed by atoms with E-state index in [4.69, 9.17) is 14.2 Å². The number of rotatable bonds is 5. The van der Waals surface area contributed by atoms with Crippen LogP contribution in [0.5, 0.6) is 11.5 Å². The lowest BCUT2D eigenvalue weighted by Gasteiger charge is -2.34. The minimum absolute atomic E-state index is 0.140. The average Bonchev–Trinajstić information content (AvgIpc) is 2.65. The van der Waals surface area contributed by atoms with Crippen molar-refractivity contribution < 1.29 is 24.1 Å². The molecule has 1 amide bonds. The number of nitrogens with zero attached hydrogens (tertiary/aromatic N) is 2. The SMILES string of the molecule is COc1ccc(OC)c2c1CN(CCC(=O)N1CCOCC1)C[C@@H]2O. The number of methoxy groups -OCH3 is 2. The molecule has 0 aromatic heterocycles. The largest absolute Gasteiger partial charge is 0.496 e. The van der Waals surface area contributed by atoms with Crippen LogP contribution in [0.15, 0.2) is 12.1 Å². The lowest BCUT2D eigenvalue weighted by molar-refractivity contribution is -0.135. The smallest absolute Gasteiger partial charge is 0.224 e. The van der Waals surface area contributed by atoms with Crippen LogP contribution in [0.4, 0.5) is 0 Å². The third kappa shape index (κ3) is 3.89. The van der Waals surface area contributed by atoms with E-state index in [0.29, 0.717) is 58.1 Å². The van der Waals surface area contributed by atoms with Gasteiger partial charge in [-0.3, -0.25) is 9.69 Å². The maximum absolute atomic E-state index is 12.3. The Morgan fingerprint density at radius 3 is 2.60 bits per heavy atom. The zero-order valence-corrected chi connectivity index (χ0v) is 14.9. The Labute approximate surface area is 148 Å². The van der Waals surface area contributed by atoms with E-state index in [1.165, 1.54) is 0 Å². The number of β-amino-alcohol motifs (C(OH)–C–C–N with tert-alkyl or cyclic N) is 1. The second kappa shape index (κ2) is 8.03.